The maximum atomic E-state index is 13.7. The number of nitrogens with one attached hydrogen (secondary N) is 1. The van der Waals surface area contributed by atoms with Crippen LogP contribution in [-0.2, 0) is 59.9 Å². The standard InChI is InChI=1S/C18H18FNO2S.C14H13ClFNO.3C13H14FNO.C7H4F2O.C6H8N2O3.C6H11N.C4H8O2S.CH4B.CH3F.CH2O3.2CH4.2K.Na.H2O4S.2H/c1-3-8-20-9-7-12-10-16(18(21)22-4-2)23-17(12)14-6-5-13(19)11-15(14)20;1-2-6-17-7-5-10(9-18)14(15)12-4-3-11(16)8-13(12)17;1-2-7-15-11-8-9(14)3-4-10(11)12-5-6-13(15)16-12;1-2-7-15-8-3-4-13(16)11-6-5-10(14)9-12(11)15;1-3-7-15(8-4-2)13-9-12(14)6-5-11(13)10-16;8-6-2-1-5(4-10)7(9)3-6;1-7-4(9)3-5(10)8(2)6(7)11;1-3-5-7-6-4-2;1-2-6-4(5)3-7;2*1-2;2-1-4-3;;;;;;1-5(2,3)4;;/h3,5-6,10-11H,1,4,7-9H2,2H3;2-4,8-9H,1,5-7H2;2-4,8,12-13H,1,5-7H2;2,5-6,9H,1,3-4,7-8H2;3-6,9-10H,1-2,7-8H2;1-4H;3H2,1-2H3;3-4,7H,1-2,5-6H2;7H,2-3H2,1H3;2H,1H3;1H3;1,3H;2*1H4;;;;(H2,1,2,3,4);;/q;;;;;;;;;;;;;;3*+1;;2*-1/p-1/i;;;;;;;;;2T;1D;;;;;;;;;. The predicted octanol–water partition coefficient (Wildman–Crippen LogP) is 9.71. The fourth-order valence-corrected chi connectivity index (χ4v) is 14.4. The smallest absolute Gasteiger partial charge is 1.00 e. The van der Waals surface area contributed by atoms with E-state index >= 15 is 0 Å². The molecule has 1 radical (unpaired) electrons. The number of hydrogen-bond acceptors (Lipinski definition) is 25. The molecule has 2 saturated heterocycles. The minimum Gasteiger partial charge on any atom is -1.00 e. The first-order chi connectivity index (χ1) is 66.3. The van der Waals surface area contributed by atoms with Gasteiger partial charge in [-0.05, 0) is 156 Å². The minimum absolute atomic E-state index is 0. The molecule has 0 saturated carbocycles. The number of barbiturate groups is 1. The van der Waals surface area contributed by atoms with Crippen molar-refractivity contribution in [1.82, 2.24) is 15.1 Å². The number of Topliss-reactive ketones (excluding diaryl/α,β-unsaturated/α-hetero) is 1. The Morgan fingerprint density at radius 2 is 1.07 bits per heavy atom. The Balaban J connectivity index is -0.000000295. The largest absolute Gasteiger partial charge is 1.00 e. The van der Waals surface area contributed by atoms with Crippen molar-refractivity contribution in [2.45, 2.75) is 92.8 Å². The number of fused-ring (bicyclic) bond motifs is 9. The Labute approximate surface area is 956 Å². The number of amides is 4. The number of aldehydes is 3. The Bertz CT molecular complexity index is 5390. The zero-order valence-electron chi connectivity index (χ0n) is 83.5. The van der Waals surface area contributed by atoms with Gasteiger partial charge >= 0.3 is 161 Å². The summed E-state index contributed by atoms with van der Waals surface area (Å²) in [7, 11) is -1.71. The first-order valence-electron chi connectivity index (χ1n) is 42.9. The first-order valence-corrected chi connectivity index (χ1v) is 44.8. The van der Waals surface area contributed by atoms with Crippen LogP contribution in [0, 0.1) is 40.7 Å². The van der Waals surface area contributed by atoms with E-state index in [4.69, 9.17) is 51.4 Å². The number of imide groups is 2. The number of alkyl halides is 1. The van der Waals surface area contributed by atoms with E-state index in [0.717, 1.165) is 113 Å². The molecular formula is C99H124BClF8K2N8NaO19S3. The summed E-state index contributed by atoms with van der Waals surface area (Å²) >= 11 is 11.3. The Kier molecular flexibility index (Phi) is 77.4. The van der Waals surface area contributed by atoms with Gasteiger partial charge in [0, 0.05) is 154 Å². The van der Waals surface area contributed by atoms with E-state index in [2.05, 4.69) is 90.0 Å². The van der Waals surface area contributed by atoms with Gasteiger partial charge in [-0.15, -0.1) is 64.0 Å². The van der Waals surface area contributed by atoms with E-state index in [9.17, 15) is 78.3 Å². The summed E-state index contributed by atoms with van der Waals surface area (Å²) in [6.07, 6.45) is 20.8. The molecular weight excluding hydrogens is 2000 g/mol. The number of thiol groups is 1. The van der Waals surface area contributed by atoms with Crippen molar-refractivity contribution in [1.29, 1.82) is 1.34 Å². The van der Waals surface area contributed by atoms with Gasteiger partial charge in [0.1, 0.15) is 64.5 Å². The molecule has 6 aliphatic rings. The molecule has 13 rings (SSSR count). The molecule has 2 bridgehead atoms. The molecule has 7 aromatic rings. The molecule has 0 spiro atoms. The molecule has 0 aliphatic carbocycles. The van der Waals surface area contributed by atoms with Crippen molar-refractivity contribution in [3.63, 3.8) is 0 Å². The Hall–Kier alpha value is -8.45. The molecule has 6 aliphatic heterocycles. The SMILES string of the molecule is C.C.C=CCN(CC=C)c1cc(F)ccc1C=O.C=CCN1CCC(C=O)=C(Cl)c2ccc(F)cc21.C=CCN1CCCC(=O)c2ccc(F)cc21.C=CCN1CCc2cc(C(=O)OCC)sc2-c2ccc(F)cc21.C=CCN1c2cc(F)ccc2C2CCC1O2.C=CCNCC=C.CCOC(=O)CS.CN1C(=O)CC(=O)N(C)C1=O.O=CO[O-].O=Cc1ccc(F)cc1F.O=S(=O)(O)O.[2H]CF.[3H][B]C.[H-].[H-].[K+].[K+].[Na+]. The molecule has 761 valence electrons. The number of carbonyl (C=O) groups is 10. The van der Waals surface area contributed by atoms with Gasteiger partial charge in [0.15, 0.2) is 18.4 Å². The van der Waals surface area contributed by atoms with E-state index in [-0.39, 0.29) is 233 Å². The summed E-state index contributed by atoms with van der Waals surface area (Å²) in [5.41, 5.74) is 9.17. The second kappa shape index (κ2) is 79.8. The van der Waals surface area contributed by atoms with Gasteiger partial charge in [0.05, 0.1) is 63.4 Å². The summed E-state index contributed by atoms with van der Waals surface area (Å²) in [5.74, 6) is -4.10. The van der Waals surface area contributed by atoms with E-state index in [1.165, 1.54) is 87.8 Å². The Morgan fingerprint density at radius 1 is 0.641 bits per heavy atom. The normalized spacial score (nSPS) is 13.6. The maximum absolute atomic E-state index is 13.7. The van der Waals surface area contributed by atoms with Crippen LogP contribution in [-0.4, -0.2) is 216 Å². The van der Waals surface area contributed by atoms with E-state index in [1.54, 1.807) is 75.3 Å². The number of hydrogen-bond donors (Lipinski definition) is 4. The molecule has 2 unspecified atom stereocenters. The van der Waals surface area contributed by atoms with Crippen LogP contribution in [0.3, 0.4) is 0 Å². The molecule has 3 N–H and O–H groups in total. The summed E-state index contributed by atoms with van der Waals surface area (Å²) in [5, 5.41) is 11.9. The first kappa shape index (κ1) is 138. The van der Waals surface area contributed by atoms with Gasteiger partial charge in [-0.2, -0.15) is 21.0 Å². The van der Waals surface area contributed by atoms with Crippen LogP contribution in [0.5, 0.6) is 0 Å². The number of ether oxygens (including phenoxy) is 3. The van der Waals surface area contributed by atoms with Crippen molar-refractivity contribution >= 4 is 148 Å². The van der Waals surface area contributed by atoms with Crippen molar-refractivity contribution in [3.05, 3.63) is 301 Å². The van der Waals surface area contributed by atoms with Crippen LogP contribution in [0.25, 0.3) is 15.5 Å². The summed E-state index contributed by atoms with van der Waals surface area (Å²) in [4.78, 5) is 123. The zero-order valence-corrected chi connectivity index (χ0v) is 91.0. The van der Waals surface area contributed by atoms with Crippen LogP contribution in [0.15, 0.2) is 222 Å². The number of ketones is 1. The number of esters is 2. The number of benzene rings is 6. The van der Waals surface area contributed by atoms with Crippen LogP contribution < -0.4 is 167 Å². The Morgan fingerprint density at radius 3 is 1.51 bits per heavy atom. The topological polar surface area (TPSA) is 340 Å². The second-order valence-electron chi connectivity index (χ2n) is 27.9. The molecule has 2 atom stereocenters. The van der Waals surface area contributed by atoms with E-state index < -0.39 is 47.0 Å². The van der Waals surface area contributed by atoms with Crippen molar-refractivity contribution in [3.8, 4) is 10.4 Å². The molecule has 43 heteroatoms. The molecule has 7 heterocycles. The van der Waals surface area contributed by atoms with Crippen LogP contribution >= 0.6 is 35.6 Å². The number of urea groups is 1. The van der Waals surface area contributed by atoms with Gasteiger partial charge in [0.25, 0.3) is 6.47 Å². The predicted molar refractivity (Wildman–Crippen MR) is 540 cm³/mol. The van der Waals surface area contributed by atoms with Crippen molar-refractivity contribution < 1.29 is 261 Å². The van der Waals surface area contributed by atoms with Crippen LogP contribution in [0.1, 0.15) is 135 Å². The summed E-state index contributed by atoms with van der Waals surface area (Å²) in [6, 6.07) is 26.7. The fraction of sp³-hybridized carbons (Fsp3) is 0.313. The molecule has 2 fully saturated rings. The van der Waals surface area contributed by atoms with Gasteiger partial charge in [-0.3, -0.25) is 61.7 Å². The average Bonchev–Trinajstić information content (AvgIpc) is 1.62. The monoisotopic (exact) mass is 2130 g/mol. The quantitative estimate of drug-likeness (QED) is 0.00353. The van der Waals surface area contributed by atoms with Crippen LogP contribution in [0.4, 0.5) is 68.4 Å². The number of nitrogens with zero attached hydrogens (tertiary/aromatic N) is 7. The molecule has 6 aromatic carbocycles. The zero-order chi connectivity index (χ0) is 105. The molecule has 1 aromatic heterocycles. The van der Waals surface area contributed by atoms with Gasteiger partial charge in [-0.25, -0.2) is 40.3 Å². The van der Waals surface area contributed by atoms with E-state index in [1.807, 2.05) is 51.1 Å². The number of anilines is 5. The molecule has 4 amide bonds. The van der Waals surface area contributed by atoms with Gasteiger partial charge < -0.3 is 57.0 Å². The summed E-state index contributed by atoms with van der Waals surface area (Å²) < 4.78 is 160. The second-order valence-corrected chi connectivity index (χ2v) is 30.6. The third-order valence-electron chi connectivity index (χ3n) is 18.8. The van der Waals surface area contributed by atoms with Crippen LogP contribution in [0.2, 0.25) is 6.82 Å². The summed E-state index contributed by atoms with van der Waals surface area (Å²) in [6.45, 7) is 42.6. The number of thiophene rings is 1. The third kappa shape index (κ3) is 50.1. The number of rotatable bonds is 25. The van der Waals surface area contributed by atoms with Gasteiger partial charge in [0.2, 0.25) is 11.8 Å². The van der Waals surface area contributed by atoms with Crippen molar-refractivity contribution in [2.24, 2.45) is 0 Å². The third-order valence-corrected chi connectivity index (χ3v) is 20.7. The fourth-order valence-electron chi connectivity index (χ4n) is 12.9. The maximum Gasteiger partial charge on any atom is 1.00 e. The average molecular weight is 2130 g/mol. The number of carbonyl (C=O) groups excluding carboxylic acids is 10. The number of halogens is 9. The van der Waals surface area contributed by atoms with Gasteiger partial charge in [-0.1, -0.05) is 88.0 Å². The molecule has 27 nitrogen and oxygen atoms in total. The van der Waals surface area contributed by atoms with E-state index in [0.29, 0.717) is 140 Å². The molecule has 142 heavy (non-hydrogen) atoms. The van der Waals surface area contributed by atoms with Crippen molar-refractivity contribution in [2.75, 3.05) is 137 Å². The minimum atomic E-state index is -4.67.